The minimum absolute atomic E-state index is 0.410. The van der Waals surface area contributed by atoms with Crippen LogP contribution in [0, 0.1) is 5.41 Å². The van der Waals surface area contributed by atoms with Crippen molar-refractivity contribution in [3.8, 4) is 0 Å². The first kappa shape index (κ1) is 13.1. The van der Waals surface area contributed by atoms with Crippen LogP contribution in [-0.4, -0.2) is 18.8 Å². The Labute approximate surface area is 126 Å². The molecule has 2 aliphatic rings. The minimum Gasteiger partial charge on any atom is -0.381 e. The van der Waals surface area contributed by atoms with Gasteiger partial charge in [0.2, 0.25) is 0 Å². The van der Waals surface area contributed by atoms with Crippen molar-refractivity contribution < 1.29 is 4.74 Å². The largest absolute Gasteiger partial charge is 0.381 e. The molecule has 0 saturated heterocycles. The Morgan fingerprint density at radius 1 is 1.14 bits per heavy atom. The Morgan fingerprint density at radius 3 is 2.71 bits per heavy atom. The van der Waals surface area contributed by atoms with Gasteiger partial charge in [-0.15, -0.1) is 0 Å². The molecule has 1 spiro atoms. The number of fused-ring (bicyclic) bond motifs is 1. The van der Waals surface area contributed by atoms with Crippen LogP contribution in [0.4, 0.5) is 5.69 Å². The molecule has 110 valence electrons. The molecule has 0 aliphatic heterocycles. The van der Waals surface area contributed by atoms with Crippen molar-refractivity contribution in [3.63, 3.8) is 0 Å². The summed E-state index contributed by atoms with van der Waals surface area (Å²) in [5, 5.41) is 6.46. The van der Waals surface area contributed by atoms with E-state index in [1.807, 2.05) is 0 Å². The fourth-order valence-corrected chi connectivity index (χ4v) is 4.18. The highest BCUT2D eigenvalue weighted by Gasteiger charge is 2.58. The second-order valence-corrected chi connectivity index (χ2v) is 6.49. The zero-order valence-corrected chi connectivity index (χ0v) is 12.6. The smallest absolute Gasteiger partial charge is 0.0670 e. The molecule has 2 nitrogen and oxygen atoms in total. The van der Waals surface area contributed by atoms with Gasteiger partial charge in [0, 0.05) is 29.1 Å². The van der Waals surface area contributed by atoms with Crippen LogP contribution in [0.5, 0.6) is 0 Å². The van der Waals surface area contributed by atoms with Crippen LogP contribution < -0.4 is 5.32 Å². The van der Waals surface area contributed by atoms with E-state index in [1.165, 1.54) is 35.7 Å². The molecular formula is C19H23NO. The molecule has 0 aromatic heterocycles. The van der Waals surface area contributed by atoms with Gasteiger partial charge in [0.1, 0.15) is 0 Å². The van der Waals surface area contributed by atoms with E-state index in [2.05, 4.69) is 54.7 Å². The number of hydrogen-bond donors (Lipinski definition) is 1. The normalized spacial score (nSPS) is 26.3. The van der Waals surface area contributed by atoms with Gasteiger partial charge in [0.25, 0.3) is 0 Å². The van der Waals surface area contributed by atoms with Crippen LogP contribution in [0.1, 0.15) is 32.6 Å². The molecule has 0 bridgehead atoms. The summed E-state index contributed by atoms with van der Waals surface area (Å²) in [6, 6.07) is 15.7. The molecule has 0 radical (unpaired) electrons. The van der Waals surface area contributed by atoms with E-state index in [4.69, 9.17) is 4.74 Å². The van der Waals surface area contributed by atoms with Crippen LogP contribution in [-0.2, 0) is 4.74 Å². The number of ether oxygens (including phenoxy) is 1. The predicted molar refractivity (Wildman–Crippen MR) is 87.7 cm³/mol. The number of benzene rings is 2. The first-order valence-electron chi connectivity index (χ1n) is 8.19. The van der Waals surface area contributed by atoms with E-state index in [9.17, 15) is 0 Å². The van der Waals surface area contributed by atoms with Crippen LogP contribution in [0.15, 0.2) is 42.5 Å². The Hall–Kier alpha value is -1.54. The quantitative estimate of drug-likeness (QED) is 0.884. The van der Waals surface area contributed by atoms with Gasteiger partial charge in [-0.2, -0.15) is 0 Å². The summed E-state index contributed by atoms with van der Waals surface area (Å²) in [4.78, 5) is 0. The third-order valence-corrected chi connectivity index (χ3v) is 5.56. The third kappa shape index (κ3) is 1.96. The maximum absolute atomic E-state index is 5.95. The van der Waals surface area contributed by atoms with Crippen LogP contribution >= 0.6 is 0 Å². The predicted octanol–water partition coefficient (Wildman–Crippen LogP) is 4.60. The summed E-state index contributed by atoms with van der Waals surface area (Å²) >= 11 is 0. The van der Waals surface area contributed by atoms with Gasteiger partial charge in [-0.05, 0) is 37.6 Å². The molecule has 2 fully saturated rings. The molecule has 2 aromatic carbocycles. The molecule has 0 heterocycles. The molecule has 2 heteroatoms. The van der Waals surface area contributed by atoms with Gasteiger partial charge in [0.05, 0.1) is 6.10 Å². The number of hydrogen-bond acceptors (Lipinski definition) is 2. The average Bonchev–Trinajstić information content (AvgIpc) is 2.44. The molecule has 2 saturated carbocycles. The Morgan fingerprint density at radius 2 is 1.95 bits per heavy atom. The number of nitrogens with one attached hydrogen (secondary N) is 1. The highest BCUT2D eigenvalue weighted by Crippen LogP contribution is 2.58. The van der Waals surface area contributed by atoms with Crippen molar-refractivity contribution in [2.24, 2.45) is 5.41 Å². The second kappa shape index (κ2) is 5.03. The fourth-order valence-electron chi connectivity index (χ4n) is 4.18. The summed E-state index contributed by atoms with van der Waals surface area (Å²) in [5.41, 5.74) is 1.69. The highest BCUT2D eigenvalue weighted by atomic mass is 16.5. The van der Waals surface area contributed by atoms with E-state index in [-0.39, 0.29) is 0 Å². The molecule has 0 amide bonds. The van der Waals surface area contributed by atoms with Crippen molar-refractivity contribution in [2.45, 2.75) is 44.8 Å². The molecule has 2 aromatic rings. The minimum atomic E-state index is 0.410. The first-order chi connectivity index (χ1) is 10.3. The molecule has 2 aliphatic carbocycles. The van der Waals surface area contributed by atoms with Gasteiger partial charge < -0.3 is 10.1 Å². The highest BCUT2D eigenvalue weighted by molar-refractivity contribution is 5.93. The molecule has 21 heavy (non-hydrogen) atoms. The molecule has 4 rings (SSSR count). The summed E-state index contributed by atoms with van der Waals surface area (Å²) in [5.74, 6) is 0. The lowest BCUT2D eigenvalue weighted by atomic mass is 9.51. The second-order valence-electron chi connectivity index (χ2n) is 6.49. The van der Waals surface area contributed by atoms with Crippen LogP contribution in [0.3, 0.4) is 0 Å². The molecule has 1 N–H and O–H groups in total. The van der Waals surface area contributed by atoms with Crippen LogP contribution in [0.25, 0.3) is 10.8 Å². The van der Waals surface area contributed by atoms with Crippen molar-refractivity contribution >= 4 is 16.5 Å². The zero-order chi connectivity index (χ0) is 14.3. The van der Waals surface area contributed by atoms with E-state index in [1.54, 1.807) is 0 Å². The third-order valence-electron chi connectivity index (χ3n) is 5.56. The van der Waals surface area contributed by atoms with E-state index >= 15 is 0 Å². The van der Waals surface area contributed by atoms with Gasteiger partial charge >= 0.3 is 0 Å². The Kier molecular flexibility index (Phi) is 3.15. The topological polar surface area (TPSA) is 21.3 Å². The van der Waals surface area contributed by atoms with Crippen molar-refractivity contribution in [2.75, 3.05) is 11.9 Å². The van der Waals surface area contributed by atoms with Crippen molar-refractivity contribution in [3.05, 3.63) is 42.5 Å². The maximum Gasteiger partial charge on any atom is 0.0670 e. The first-order valence-corrected chi connectivity index (χ1v) is 8.19. The van der Waals surface area contributed by atoms with Crippen molar-refractivity contribution in [1.29, 1.82) is 0 Å². The summed E-state index contributed by atoms with van der Waals surface area (Å²) in [6.45, 7) is 2.95. The average molecular weight is 281 g/mol. The van der Waals surface area contributed by atoms with Gasteiger partial charge in [-0.3, -0.25) is 0 Å². The lowest BCUT2D eigenvalue weighted by molar-refractivity contribution is -0.157. The Balaban J connectivity index is 1.59. The monoisotopic (exact) mass is 281 g/mol. The summed E-state index contributed by atoms with van der Waals surface area (Å²) in [7, 11) is 0. The maximum atomic E-state index is 5.95. The standard InChI is InChI=1S/C19H23NO/c1-2-21-18-13-17(19(18)11-6-12-19)20-16-10-5-8-14-7-3-4-9-15(14)16/h3-5,7-10,17-18,20H,2,6,11-13H2,1H3. The van der Waals surface area contributed by atoms with Gasteiger partial charge in [-0.1, -0.05) is 42.8 Å². The molecule has 2 atom stereocenters. The molecular weight excluding hydrogens is 258 g/mol. The SMILES string of the molecule is CCOC1CC(Nc2cccc3ccccc23)C12CCC2. The zero-order valence-electron chi connectivity index (χ0n) is 12.6. The Bertz CT molecular complexity index is 642. The van der Waals surface area contributed by atoms with E-state index in [0.717, 1.165) is 13.0 Å². The van der Waals surface area contributed by atoms with Gasteiger partial charge in [0.15, 0.2) is 0 Å². The lowest BCUT2D eigenvalue weighted by Crippen LogP contribution is -2.64. The summed E-state index contributed by atoms with van der Waals surface area (Å²) in [6.07, 6.45) is 5.62. The van der Waals surface area contributed by atoms with E-state index < -0.39 is 0 Å². The van der Waals surface area contributed by atoms with Crippen molar-refractivity contribution in [1.82, 2.24) is 0 Å². The number of rotatable bonds is 4. The summed E-state index contributed by atoms with van der Waals surface area (Å²) < 4.78 is 5.95. The fraction of sp³-hybridized carbons (Fsp3) is 0.474. The van der Waals surface area contributed by atoms with Gasteiger partial charge in [-0.25, -0.2) is 0 Å². The number of anilines is 1. The molecule has 2 unspecified atom stereocenters. The lowest BCUT2D eigenvalue weighted by Gasteiger charge is -2.61. The van der Waals surface area contributed by atoms with E-state index in [0.29, 0.717) is 17.6 Å². The van der Waals surface area contributed by atoms with Crippen LogP contribution in [0.2, 0.25) is 0 Å².